The van der Waals surface area contributed by atoms with Crippen LogP contribution in [0.4, 0.5) is 0 Å². The number of hydrogen-bond donors (Lipinski definition) is 0. The summed E-state index contributed by atoms with van der Waals surface area (Å²) in [5, 5.41) is 10.5. The minimum atomic E-state index is -0.238. The highest BCUT2D eigenvalue weighted by atomic mass is 79.9. The number of rotatable bonds is 2. The van der Waals surface area contributed by atoms with Gasteiger partial charge in [-0.15, -0.1) is 0 Å². The van der Waals surface area contributed by atoms with Gasteiger partial charge in [0.05, 0.1) is 0 Å². The van der Waals surface area contributed by atoms with Gasteiger partial charge in [-0.2, -0.15) is 0 Å². The van der Waals surface area contributed by atoms with Crippen molar-refractivity contribution in [3.8, 4) is 33.4 Å². The third-order valence-corrected chi connectivity index (χ3v) is 12.4. The third-order valence-electron chi connectivity index (χ3n) is 11.5. The molecule has 2 aliphatic carbocycles. The van der Waals surface area contributed by atoms with Crippen molar-refractivity contribution in [3.05, 3.63) is 153 Å². The lowest BCUT2D eigenvalue weighted by atomic mass is 9.59. The monoisotopic (exact) mass is 742 g/mol. The van der Waals surface area contributed by atoms with E-state index in [-0.39, 0.29) is 10.8 Å². The second-order valence-corrected chi connectivity index (χ2v) is 16.6. The van der Waals surface area contributed by atoms with Crippen LogP contribution in [-0.2, 0) is 10.8 Å². The average Bonchev–Trinajstić information content (AvgIpc) is 3.08. The maximum Gasteiger partial charge on any atom is 0.0184 e. The molecule has 2 heteroatoms. The van der Waals surface area contributed by atoms with Crippen LogP contribution in [0.3, 0.4) is 0 Å². The Kier molecular flexibility index (Phi) is 5.80. The van der Waals surface area contributed by atoms with Crippen molar-refractivity contribution in [2.75, 3.05) is 0 Å². The largest absolute Gasteiger partial charge is 0.0616 e. The van der Waals surface area contributed by atoms with E-state index in [2.05, 4.69) is 181 Å². The highest BCUT2D eigenvalue weighted by Gasteiger charge is 2.44. The van der Waals surface area contributed by atoms with Gasteiger partial charge in [-0.1, -0.05) is 144 Å². The normalized spacial score (nSPS) is 15.2. The summed E-state index contributed by atoms with van der Waals surface area (Å²) in [6.07, 6.45) is 0. The van der Waals surface area contributed by atoms with Gasteiger partial charge in [0.25, 0.3) is 0 Å². The molecule has 8 aromatic rings. The van der Waals surface area contributed by atoms with Gasteiger partial charge in [0, 0.05) is 19.8 Å². The Morgan fingerprint density at radius 2 is 0.771 bits per heavy atom. The third kappa shape index (κ3) is 3.66. The summed E-state index contributed by atoms with van der Waals surface area (Å²) in [5.74, 6) is 0. The molecule has 0 aromatic heterocycles. The molecule has 0 atom stereocenters. The lowest BCUT2D eigenvalue weighted by molar-refractivity contribution is 0.627. The Morgan fingerprint density at radius 1 is 0.375 bits per heavy atom. The van der Waals surface area contributed by atoms with E-state index in [0.717, 1.165) is 8.95 Å². The van der Waals surface area contributed by atoms with E-state index in [1.165, 1.54) is 98.7 Å². The standard InChI is InChI=1S/C46H32Br2/c1-45(2)37-21-27(47)19-35-34(32-18-10-14-26-12-6-8-16-30(26)32)24-40-44(41(35)37)43-39(45)23-33(31-17-9-13-25-11-5-7-15-29(25)31)36-20-28(48)22-38(42(36)43)46(40,3)4/h5-24H,1-4H3. The Labute approximate surface area is 297 Å². The van der Waals surface area contributed by atoms with Crippen LogP contribution in [0.1, 0.15) is 49.9 Å². The number of hydrogen-bond acceptors (Lipinski definition) is 0. The topological polar surface area (TPSA) is 0 Å². The summed E-state index contributed by atoms with van der Waals surface area (Å²) < 4.78 is 2.25. The highest BCUT2D eigenvalue weighted by molar-refractivity contribution is 9.10. The molecular formula is C46H32Br2. The van der Waals surface area contributed by atoms with E-state index in [1.54, 1.807) is 0 Å². The minimum absolute atomic E-state index is 0.238. The minimum Gasteiger partial charge on any atom is -0.0616 e. The van der Waals surface area contributed by atoms with Crippen molar-refractivity contribution < 1.29 is 0 Å². The lowest BCUT2D eigenvalue weighted by Crippen LogP contribution is -2.30. The molecule has 0 saturated heterocycles. The van der Waals surface area contributed by atoms with E-state index in [9.17, 15) is 0 Å². The van der Waals surface area contributed by atoms with Crippen LogP contribution in [-0.4, -0.2) is 0 Å². The second kappa shape index (κ2) is 9.68. The van der Waals surface area contributed by atoms with Crippen molar-refractivity contribution in [1.29, 1.82) is 0 Å². The van der Waals surface area contributed by atoms with E-state index < -0.39 is 0 Å². The fourth-order valence-electron chi connectivity index (χ4n) is 9.18. The molecular weight excluding hydrogens is 712 g/mol. The summed E-state index contributed by atoms with van der Waals surface area (Å²) >= 11 is 7.99. The Balaban J connectivity index is 1.43. The van der Waals surface area contributed by atoms with Crippen LogP contribution in [0.15, 0.2) is 130 Å². The van der Waals surface area contributed by atoms with Gasteiger partial charge in [0.1, 0.15) is 0 Å². The van der Waals surface area contributed by atoms with E-state index in [1.807, 2.05) is 0 Å². The van der Waals surface area contributed by atoms with Crippen LogP contribution in [0.25, 0.3) is 76.5 Å². The summed E-state index contributed by atoms with van der Waals surface area (Å²) in [5.41, 5.74) is 13.1. The molecule has 0 radical (unpaired) electrons. The zero-order valence-electron chi connectivity index (χ0n) is 27.3. The quantitative estimate of drug-likeness (QED) is 0.165. The molecule has 0 unspecified atom stereocenters. The lowest BCUT2D eigenvalue weighted by Gasteiger charge is -2.44. The molecule has 0 nitrogen and oxygen atoms in total. The van der Waals surface area contributed by atoms with Crippen LogP contribution in [0, 0.1) is 0 Å². The molecule has 0 fully saturated rings. The van der Waals surface area contributed by atoms with Crippen molar-refractivity contribution in [3.63, 3.8) is 0 Å². The second-order valence-electron chi connectivity index (χ2n) is 14.7. The molecule has 48 heavy (non-hydrogen) atoms. The fraction of sp³-hybridized carbons (Fsp3) is 0.130. The van der Waals surface area contributed by atoms with Crippen molar-refractivity contribution >= 4 is 74.9 Å². The molecule has 0 bridgehead atoms. The van der Waals surface area contributed by atoms with Gasteiger partial charge < -0.3 is 0 Å². The molecule has 10 rings (SSSR count). The molecule has 0 N–H and O–H groups in total. The maximum atomic E-state index is 3.99. The fourth-order valence-corrected chi connectivity index (χ4v) is 10.1. The van der Waals surface area contributed by atoms with Crippen LogP contribution >= 0.6 is 31.9 Å². The van der Waals surface area contributed by atoms with Gasteiger partial charge in [-0.25, -0.2) is 0 Å². The highest BCUT2D eigenvalue weighted by Crippen LogP contribution is 2.62. The molecule has 0 saturated carbocycles. The zero-order valence-corrected chi connectivity index (χ0v) is 30.5. The molecule has 0 spiro atoms. The smallest absolute Gasteiger partial charge is 0.0184 e. The van der Waals surface area contributed by atoms with Gasteiger partial charge in [-0.3, -0.25) is 0 Å². The van der Waals surface area contributed by atoms with Gasteiger partial charge in [0.15, 0.2) is 0 Å². The summed E-state index contributed by atoms with van der Waals surface area (Å²) in [6, 6.07) is 45.7. The molecule has 2 aliphatic rings. The Hall–Kier alpha value is -4.24. The average molecular weight is 745 g/mol. The van der Waals surface area contributed by atoms with Crippen molar-refractivity contribution in [2.45, 2.75) is 38.5 Å². The summed E-state index contributed by atoms with van der Waals surface area (Å²) in [7, 11) is 0. The van der Waals surface area contributed by atoms with E-state index in [4.69, 9.17) is 0 Å². The molecule has 0 amide bonds. The van der Waals surface area contributed by atoms with Crippen LogP contribution in [0.5, 0.6) is 0 Å². The Bertz CT molecular complexity index is 2540. The van der Waals surface area contributed by atoms with E-state index in [0.29, 0.717) is 0 Å². The number of fused-ring (bicyclic) bond motifs is 2. The maximum absolute atomic E-state index is 3.99. The molecule has 0 aliphatic heterocycles. The van der Waals surface area contributed by atoms with Crippen LogP contribution in [0.2, 0.25) is 0 Å². The van der Waals surface area contributed by atoms with Crippen LogP contribution < -0.4 is 0 Å². The number of benzene rings is 8. The van der Waals surface area contributed by atoms with Gasteiger partial charge in [-0.05, 0) is 135 Å². The first-order valence-corrected chi connectivity index (χ1v) is 18.3. The van der Waals surface area contributed by atoms with Crippen molar-refractivity contribution in [2.24, 2.45) is 0 Å². The summed E-state index contributed by atoms with van der Waals surface area (Å²) in [4.78, 5) is 0. The first-order valence-electron chi connectivity index (χ1n) is 16.7. The first kappa shape index (κ1) is 28.7. The predicted molar refractivity (Wildman–Crippen MR) is 212 cm³/mol. The van der Waals surface area contributed by atoms with Crippen molar-refractivity contribution in [1.82, 2.24) is 0 Å². The van der Waals surface area contributed by atoms with Gasteiger partial charge in [0.2, 0.25) is 0 Å². The zero-order chi connectivity index (χ0) is 32.7. The predicted octanol–water partition coefficient (Wildman–Crippen LogP) is 14.1. The molecule has 8 aromatic carbocycles. The first-order chi connectivity index (χ1) is 23.1. The van der Waals surface area contributed by atoms with E-state index >= 15 is 0 Å². The Morgan fingerprint density at radius 3 is 1.21 bits per heavy atom. The molecule has 0 heterocycles. The number of halogens is 2. The SMILES string of the molecule is CC1(C)c2cc(-c3cccc4ccccc34)c3cc(Br)cc4c3c2-c2c(cc(-c3cccc5ccccc35)c3cc(Br)cc1c23)C4(C)C. The molecule has 230 valence electrons. The van der Waals surface area contributed by atoms with Gasteiger partial charge >= 0.3 is 0 Å². The summed E-state index contributed by atoms with van der Waals surface area (Å²) in [6.45, 7) is 9.74.